The van der Waals surface area contributed by atoms with Gasteiger partial charge in [0, 0.05) is 35.0 Å². The molecule has 2 aliphatic heterocycles. The lowest BCUT2D eigenvalue weighted by Crippen LogP contribution is -2.52. The highest BCUT2D eigenvalue weighted by Gasteiger charge is 2.38. The van der Waals surface area contributed by atoms with E-state index >= 15 is 0 Å². The van der Waals surface area contributed by atoms with E-state index in [0.717, 1.165) is 59.7 Å². The van der Waals surface area contributed by atoms with Crippen molar-refractivity contribution in [3.8, 4) is 5.75 Å². The van der Waals surface area contributed by atoms with E-state index in [4.69, 9.17) is 9.57 Å². The zero-order valence-electron chi connectivity index (χ0n) is 25.2. The molecule has 0 amide bonds. The molecule has 0 N–H and O–H groups in total. The molecule has 2 aliphatic rings. The van der Waals surface area contributed by atoms with Crippen molar-refractivity contribution in [2.75, 3.05) is 19.7 Å². The summed E-state index contributed by atoms with van der Waals surface area (Å²) in [4.78, 5) is 47.9. The van der Waals surface area contributed by atoms with E-state index in [0.29, 0.717) is 29.0 Å². The number of likely N-dealkylation sites (tertiary alicyclic amines) is 1. The summed E-state index contributed by atoms with van der Waals surface area (Å²) in [6.45, 7) is 10.2. The molecular weight excluding hydrogens is 542 g/mol. The average molecular weight is 580 g/mol. The number of aromatic nitrogens is 1. The first kappa shape index (κ1) is 28.8. The third-order valence-electron chi connectivity index (χ3n) is 8.93. The summed E-state index contributed by atoms with van der Waals surface area (Å²) in [6.07, 6.45) is 3.45. The number of nitrogens with zero attached hydrogens (tertiary/aromatic N) is 3. The first-order valence-electron chi connectivity index (χ1n) is 15.1. The summed E-state index contributed by atoms with van der Waals surface area (Å²) in [7, 11) is 0. The van der Waals surface area contributed by atoms with Crippen molar-refractivity contribution in [2.24, 2.45) is 5.16 Å². The maximum atomic E-state index is 13.8. The summed E-state index contributed by atoms with van der Waals surface area (Å²) < 4.78 is 8.41. The second-order valence-corrected chi connectivity index (χ2v) is 11.9. The lowest BCUT2D eigenvalue weighted by atomic mass is 9.97. The molecule has 0 bridgehead atoms. The van der Waals surface area contributed by atoms with Gasteiger partial charge in [-0.2, -0.15) is 0 Å². The fourth-order valence-corrected chi connectivity index (χ4v) is 6.35. The zero-order chi connectivity index (χ0) is 30.3. The molecule has 8 heteroatoms. The molecule has 1 saturated heterocycles. The number of aryl methyl sites for hydroxylation is 2. The lowest BCUT2D eigenvalue weighted by molar-refractivity contribution is -0.157. The molecule has 222 valence electrons. The SMILES string of the molecule is CCn1c2ccc(C(=O)c3ccccc3C)cc2c2c3c(ccc21)C(=O)C(=NOC(=O)C(C)(C)N1CCCCC1)CCO3. The van der Waals surface area contributed by atoms with Crippen molar-refractivity contribution in [3.05, 3.63) is 76.9 Å². The number of fused-ring (bicyclic) bond motifs is 5. The molecule has 0 unspecified atom stereocenters. The van der Waals surface area contributed by atoms with E-state index in [2.05, 4.69) is 21.5 Å². The maximum Gasteiger partial charge on any atom is 0.354 e. The molecule has 6 rings (SSSR count). The Morgan fingerprint density at radius 1 is 1.00 bits per heavy atom. The predicted molar refractivity (Wildman–Crippen MR) is 167 cm³/mol. The summed E-state index contributed by atoms with van der Waals surface area (Å²) in [5.74, 6) is -0.402. The number of oxime groups is 1. The van der Waals surface area contributed by atoms with E-state index < -0.39 is 11.5 Å². The molecule has 0 atom stereocenters. The summed E-state index contributed by atoms with van der Waals surface area (Å²) in [6, 6.07) is 16.9. The second-order valence-electron chi connectivity index (χ2n) is 11.9. The molecule has 43 heavy (non-hydrogen) atoms. The number of piperidine rings is 1. The van der Waals surface area contributed by atoms with E-state index in [1.54, 1.807) is 6.07 Å². The predicted octanol–water partition coefficient (Wildman–Crippen LogP) is 6.48. The van der Waals surface area contributed by atoms with Crippen molar-refractivity contribution >= 4 is 45.1 Å². The highest BCUT2D eigenvalue weighted by Crippen LogP contribution is 2.40. The standard InChI is InChI=1S/C35H37N3O5/c1-5-38-28-15-13-23(31(39)24-12-8-7-11-22(24)2)21-26(28)30-29(38)16-14-25-32(40)27(17-20-42-33(25)30)36-43-34(41)35(3,4)37-18-9-6-10-19-37/h7-8,11-16,21H,5-6,9-10,17-20H2,1-4H3. The van der Waals surface area contributed by atoms with Crippen LogP contribution in [-0.4, -0.2) is 57.9 Å². The number of rotatable bonds is 6. The van der Waals surface area contributed by atoms with Gasteiger partial charge in [-0.1, -0.05) is 35.8 Å². The quantitative estimate of drug-likeness (QED) is 0.148. The minimum absolute atomic E-state index is 0.0554. The summed E-state index contributed by atoms with van der Waals surface area (Å²) in [5, 5.41) is 5.72. The summed E-state index contributed by atoms with van der Waals surface area (Å²) in [5.41, 5.74) is 3.68. The van der Waals surface area contributed by atoms with Crippen LogP contribution in [0.5, 0.6) is 5.75 Å². The van der Waals surface area contributed by atoms with Gasteiger partial charge in [-0.25, -0.2) is 4.79 Å². The number of carbonyl (C=O) groups is 3. The number of ketones is 2. The van der Waals surface area contributed by atoms with Crippen molar-refractivity contribution in [1.82, 2.24) is 9.47 Å². The Morgan fingerprint density at radius 3 is 2.49 bits per heavy atom. The van der Waals surface area contributed by atoms with Crippen molar-refractivity contribution < 1.29 is 24.0 Å². The van der Waals surface area contributed by atoms with Crippen LogP contribution in [0.4, 0.5) is 0 Å². The van der Waals surface area contributed by atoms with Crippen molar-refractivity contribution in [1.29, 1.82) is 0 Å². The van der Waals surface area contributed by atoms with Crippen molar-refractivity contribution in [2.45, 2.75) is 65.5 Å². The molecular formula is C35H37N3O5. The number of hydrogen-bond donors (Lipinski definition) is 0. The minimum atomic E-state index is -0.839. The van der Waals surface area contributed by atoms with E-state index in [1.165, 1.54) is 0 Å². The van der Waals surface area contributed by atoms with Crippen LogP contribution in [-0.2, 0) is 16.2 Å². The van der Waals surface area contributed by atoms with Gasteiger partial charge in [-0.05, 0) is 89.5 Å². The molecule has 0 spiro atoms. The van der Waals surface area contributed by atoms with Gasteiger partial charge in [0.15, 0.2) is 5.78 Å². The number of Topliss-reactive ketones (excluding diaryl/α,β-unsaturated/α-hetero) is 1. The van der Waals surface area contributed by atoms with Crippen LogP contribution < -0.4 is 4.74 Å². The Bertz CT molecular complexity index is 1790. The molecule has 0 saturated carbocycles. The highest BCUT2D eigenvalue weighted by molar-refractivity contribution is 6.47. The fraction of sp³-hybridized carbons (Fsp3) is 0.371. The van der Waals surface area contributed by atoms with Crippen LogP contribution in [0.2, 0.25) is 0 Å². The Balaban J connectivity index is 1.38. The molecule has 3 heterocycles. The first-order chi connectivity index (χ1) is 20.7. The monoisotopic (exact) mass is 579 g/mol. The van der Waals surface area contributed by atoms with Gasteiger partial charge in [0.05, 0.1) is 23.1 Å². The largest absolute Gasteiger partial charge is 0.492 e. The van der Waals surface area contributed by atoms with Crippen LogP contribution in [0.3, 0.4) is 0 Å². The molecule has 1 fully saturated rings. The van der Waals surface area contributed by atoms with E-state index in [9.17, 15) is 14.4 Å². The molecule has 1 aromatic heterocycles. The van der Waals surface area contributed by atoms with E-state index in [1.807, 2.05) is 69.3 Å². The van der Waals surface area contributed by atoms with Gasteiger partial charge in [0.25, 0.3) is 0 Å². The van der Waals surface area contributed by atoms with Crippen LogP contribution in [0.15, 0.2) is 59.8 Å². The van der Waals surface area contributed by atoms with Crippen LogP contribution in [0, 0.1) is 6.92 Å². The smallest absolute Gasteiger partial charge is 0.354 e. The van der Waals surface area contributed by atoms with Gasteiger partial charge in [-0.15, -0.1) is 0 Å². The molecule has 4 aromatic rings. The third kappa shape index (κ3) is 5.03. The third-order valence-corrected chi connectivity index (χ3v) is 8.93. The minimum Gasteiger partial charge on any atom is -0.492 e. The molecule has 3 aromatic carbocycles. The van der Waals surface area contributed by atoms with Crippen LogP contribution in [0.25, 0.3) is 21.8 Å². The topological polar surface area (TPSA) is 90.2 Å². The van der Waals surface area contributed by atoms with Gasteiger partial charge in [0.1, 0.15) is 17.0 Å². The van der Waals surface area contributed by atoms with Crippen LogP contribution >= 0.6 is 0 Å². The van der Waals surface area contributed by atoms with Gasteiger partial charge in [-0.3, -0.25) is 14.5 Å². The van der Waals surface area contributed by atoms with Gasteiger partial charge in [0.2, 0.25) is 5.78 Å². The van der Waals surface area contributed by atoms with Gasteiger partial charge < -0.3 is 14.1 Å². The Labute approximate surface area is 251 Å². The van der Waals surface area contributed by atoms with Gasteiger partial charge >= 0.3 is 5.97 Å². The highest BCUT2D eigenvalue weighted by atomic mass is 16.7. The van der Waals surface area contributed by atoms with E-state index in [-0.39, 0.29) is 30.3 Å². The Hall–Kier alpha value is -4.30. The Morgan fingerprint density at radius 2 is 1.74 bits per heavy atom. The summed E-state index contributed by atoms with van der Waals surface area (Å²) >= 11 is 0. The average Bonchev–Trinajstić information content (AvgIpc) is 3.26. The Kier molecular flexibility index (Phi) is 7.65. The van der Waals surface area contributed by atoms with Crippen LogP contribution in [0.1, 0.15) is 78.3 Å². The number of ether oxygens (including phenoxy) is 1. The van der Waals surface area contributed by atoms with Crippen molar-refractivity contribution in [3.63, 3.8) is 0 Å². The number of carbonyl (C=O) groups excluding carboxylic acids is 3. The lowest BCUT2D eigenvalue weighted by Gasteiger charge is -2.38. The zero-order valence-corrected chi connectivity index (χ0v) is 25.2. The number of hydrogen-bond acceptors (Lipinski definition) is 7. The first-order valence-corrected chi connectivity index (χ1v) is 15.1. The second kappa shape index (κ2) is 11.4. The normalized spacial score (nSPS) is 17.1. The maximum absolute atomic E-state index is 13.8. The molecule has 8 nitrogen and oxygen atoms in total. The fourth-order valence-electron chi connectivity index (χ4n) is 6.35. The molecule has 0 aliphatic carbocycles. The molecule has 0 radical (unpaired) electrons. The number of benzene rings is 3.